The molecule has 0 aliphatic heterocycles. The summed E-state index contributed by atoms with van der Waals surface area (Å²) in [5, 5.41) is 7.00. The Morgan fingerprint density at radius 1 is 1.47 bits per heavy atom. The SMILES string of the molecule is O=C(NCCc1ccsc1)c1cncc(Br)c1. The van der Waals surface area contributed by atoms with E-state index in [4.69, 9.17) is 0 Å². The molecule has 88 valence electrons. The van der Waals surface area contributed by atoms with E-state index in [-0.39, 0.29) is 5.91 Å². The van der Waals surface area contributed by atoms with Crippen molar-refractivity contribution >= 4 is 33.2 Å². The van der Waals surface area contributed by atoms with Gasteiger partial charge in [0.25, 0.3) is 5.91 Å². The number of carbonyl (C=O) groups is 1. The van der Waals surface area contributed by atoms with E-state index in [1.54, 1.807) is 29.8 Å². The predicted octanol–water partition coefficient (Wildman–Crippen LogP) is 2.88. The first-order chi connectivity index (χ1) is 8.25. The number of carbonyl (C=O) groups excluding carboxylic acids is 1. The van der Waals surface area contributed by atoms with Gasteiger partial charge in [0, 0.05) is 23.4 Å². The number of rotatable bonds is 4. The standard InChI is InChI=1S/C12H11BrN2OS/c13-11-5-10(6-14-7-11)12(16)15-3-1-9-2-4-17-8-9/h2,4-8H,1,3H2,(H,15,16). The van der Waals surface area contributed by atoms with Crippen molar-refractivity contribution < 1.29 is 4.79 Å². The maximum atomic E-state index is 11.8. The summed E-state index contributed by atoms with van der Waals surface area (Å²) in [4.78, 5) is 15.7. The lowest BCUT2D eigenvalue weighted by molar-refractivity contribution is 0.0953. The molecule has 2 aromatic rings. The molecule has 17 heavy (non-hydrogen) atoms. The third-order valence-electron chi connectivity index (χ3n) is 2.25. The molecule has 0 aliphatic carbocycles. The van der Waals surface area contributed by atoms with Gasteiger partial charge in [-0.2, -0.15) is 11.3 Å². The molecule has 0 bridgehead atoms. The fraction of sp³-hybridized carbons (Fsp3) is 0.167. The highest BCUT2D eigenvalue weighted by Gasteiger charge is 2.05. The van der Waals surface area contributed by atoms with Gasteiger partial charge in [0.1, 0.15) is 0 Å². The summed E-state index contributed by atoms with van der Waals surface area (Å²) in [6.07, 6.45) is 4.07. The fourth-order valence-electron chi connectivity index (χ4n) is 1.39. The molecule has 1 N–H and O–H groups in total. The molecule has 0 spiro atoms. The minimum absolute atomic E-state index is 0.0889. The molecule has 0 fully saturated rings. The van der Waals surface area contributed by atoms with Gasteiger partial charge < -0.3 is 5.32 Å². The molecule has 0 radical (unpaired) electrons. The highest BCUT2D eigenvalue weighted by atomic mass is 79.9. The van der Waals surface area contributed by atoms with Crippen molar-refractivity contribution in [2.75, 3.05) is 6.54 Å². The zero-order valence-electron chi connectivity index (χ0n) is 9.02. The van der Waals surface area contributed by atoms with E-state index in [0.29, 0.717) is 12.1 Å². The van der Waals surface area contributed by atoms with E-state index in [1.807, 2.05) is 5.38 Å². The Balaban J connectivity index is 1.85. The molecule has 2 rings (SSSR count). The van der Waals surface area contributed by atoms with Gasteiger partial charge in [-0.15, -0.1) is 0 Å². The average Bonchev–Trinajstić information content (AvgIpc) is 2.82. The van der Waals surface area contributed by atoms with E-state index in [1.165, 1.54) is 5.56 Å². The Morgan fingerprint density at radius 3 is 3.06 bits per heavy atom. The minimum atomic E-state index is -0.0889. The van der Waals surface area contributed by atoms with Crippen LogP contribution in [-0.2, 0) is 6.42 Å². The first-order valence-corrected chi connectivity index (χ1v) is 6.89. The first kappa shape index (κ1) is 12.3. The number of nitrogens with one attached hydrogen (secondary N) is 1. The van der Waals surface area contributed by atoms with Crippen LogP contribution in [0.15, 0.2) is 39.8 Å². The number of thiophene rings is 1. The summed E-state index contributed by atoms with van der Waals surface area (Å²) in [6, 6.07) is 3.82. The van der Waals surface area contributed by atoms with E-state index < -0.39 is 0 Å². The molecule has 0 aliphatic rings. The second-order valence-electron chi connectivity index (χ2n) is 3.53. The predicted molar refractivity (Wildman–Crippen MR) is 72.3 cm³/mol. The van der Waals surface area contributed by atoms with Gasteiger partial charge in [-0.25, -0.2) is 0 Å². The van der Waals surface area contributed by atoms with Gasteiger partial charge in [0.2, 0.25) is 0 Å². The van der Waals surface area contributed by atoms with Crippen LogP contribution in [0.5, 0.6) is 0 Å². The summed E-state index contributed by atoms with van der Waals surface area (Å²) in [7, 11) is 0. The number of hydrogen-bond acceptors (Lipinski definition) is 3. The summed E-state index contributed by atoms with van der Waals surface area (Å²) >= 11 is 4.96. The van der Waals surface area contributed by atoms with Crippen LogP contribution in [0.3, 0.4) is 0 Å². The third kappa shape index (κ3) is 3.64. The topological polar surface area (TPSA) is 42.0 Å². The van der Waals surface area contributed by atoms with Gasteiger partial charge in [0.05, 0.1) is 5.56 Å². The van der Waals surface area contributed by atoms with Crippen molar-refractivity contribution in [2.24, 2.45) is 0 Å². The summed E-state index contributed by atoms with van der Waals surface area (Å²) in [6.45, 7) is 0.641. The van der Waals surface area contributed by atoms with E-state index in [0.717, 1.165) is 10.9 Å². The van der Waals surface area contributed by atoms with Crippen molar-refractivity contribution in [3.8, 4) is 0 Å². The smallest absolute Gasteiger partial charge is 0.252 e. The summed E-state index contributed by atoms with van der Waals surface area (Å²) < 4.78 is 0.808. The zero-order chi connectivity index (χ0) is 12.1. The Hall–Kier alpha value is -1.20. The Kier molecular flexibility index (Phi) is 4.28. The van der Waals surface area contributed by atoms with Gasteiger partial charge in [-0.05, 0) is 50.8 Å². The molecule has 0 aromatic carbocycles. The average molecular weight is 311 g/mol. The van der Waals surface area contributed by atoms with Gasteiger partial charge in [0.15, 0.2) is 0 Å². The Bertz CT molecular complexity index is 499. The normalized spacial score (nSPS) is 10.2. The van der Waals surface area contributed by atoms with Crippen molar-refractivity contribution in [1.82, 2.24) is 10.3 Å². The first-order valence-electron chi connectivity index (χ1n) is 5.15. The number of amides is 1. The zero-order valence-corrected chi connectivity index (χ0v) is 11.4. The molecule has 0 saturated carbocycles. The van der Waals surface area contributed by atoms with Crippen LogP contribution in [0.25, 0.3) is 0 Å². The molecule has 2 heterocycles. The van der Waals surface area contributed by atoms with Crippen LogP contribution < -0.4 is 5.32 Å². The molecule has 1 amide bonds. The van der Waals surface area contributed by atoms with Crippen molar-refractivity contribution in [3.63, 3.8) is 0 Å². The highest BCUT2D eigenvalue weighted by Crippen LogP contribution is 2.09. The van der Waals surface area contributed by atoms with Gasteiger partial charge >= 0.3 is 0 Å². The van der Waals surface area contributed by atoms with Crippen LogP contribution in [-0.4, -0.2) is 17.4 Å². The molecule has 2 aromatic heterocycles. The largest absolute Gasteiger partial charge is 0.352 e. The molecule has 0 atom stereocenters. The Morgan fingerprint density at radius 2 is 2.35 bits per heavy atom. The van der Waals surface area contributed by atoms with Crippen molar-refractivity contribution in [3.05, 3.63) is 50.9 Å². The molecule has 0 saturated heterocycles. The molecule has 5 heteroatoms. The summed E-state index contributed by atoms with van der Waals surface area (Å²) in [5.74, 6) is -0.0889. The lowest BCUT2D eigenvalue weighted by Crippen LogP contribution is -2.25. The van der Waals surface area contributed by atoms with Crippen LogP contribution >= 0.6 is 27.3 Å². The van der Waals surface area contributed by atoms with Gasteiger partial charge in [-0.3, -0.25) is 9.78 Å². The maximum Gasteiger partial charge on any atom is 0.252 e. The number of halogens is 1. The Labute approximate surface area is 112 Å². The number of hydrogen-bond donors (Lipinski definition) is 1. The van der Waals surface area contributed by atoms with Gasteiger partial charge in [-0.1, -0.05) is 0 Å². The molecule has 3 nitrogen and oxygen atoms in total. The fourth-order valence-corrected chi connectivity index (χ4v) is 2.46. The van der Waals surface area contributed by atoms with E-state index >= 15 is 0 Å². The molecular formula is C12H11BrN2OS. The molecule has 0 unspecified atom stereocenters. The minimum Gasteiger partial charge on any atom is -0.352 e. The van der Waals surface area contributed by atoms with Crippen LogP contribution in [0.4, 0.5) is 0 Å². The number of aromatic nitrogens is 1. The quantitative estimate of drug-likeness (QED) is 0.943. The van der Waals surface area contributed by atoms with E-state index in [9.17, 15) is 4.79 Å². The lowest BCUT2D eigenvalue weighted by atomic mass is 10.2. The van der Waals surface area contributed by atoms with E-state index in [2.05, 4.69) is 37.7 Å². The van der Waals surface area contributed by atoms with Crippen LogP contribution in [0.1, 0.15) is 15.9 Å². The van der Waals surface area contributed by atoms with Crippen molar-refractivity contribution in [1.29, 1.82) is 0 Å². The summed E-state index contributed by atoms with van der Waals surface area (Å²) in [5.41, 5.74) is 1.83. The second kappa shape index (κ2) is 5.93. The highest BCUT2D eigenvalue weighted by molar-refractivity contribution is 9.10. The van der Waals surface area contributed by atoms with Crippen molar-refractivity contribution in [2.45, 2.75) is 6.42 Å². The van der Waals surface area contributed by atoms with Crippen LogP contribution in [0, 0.1) is 0 Å². The lowest BCUT2D eigenvalue weighted by Gasteiger charge is -2.04. The monoisotopic (exact) mass is 310 g/mol. The number of pyridine rings is 1. The maximum absolute atomic E-state index is 11.8. The number of nitrogens with zero attached hydrogens (tertiary/aromatic N) is 1. The third-order valence-corrected chi connectivity index (χ3v) is 3.41. The van der Waals surface area contributed by atoms with Crippen LogP contribution in [0.2, 0.25) is 0 Å². The molecular weight excluding hydrogens is 300 g/mol. The second-order valence-corrected chi connectivity index (χ2v) is 5.23.